The van der Waals surface area contributed by atoms with Gasteiger partial charge in [0.1, 0.15) is 0 Å². The first-order valence-corrected chi connectivity index (χ1v) is 7.10. The van der Waals surface area contributed by atoms with Gasteiger partial charge < -0.3 is 20.4 Å². The summed E-state index contributed by atoms with van der Waals surface area (Å²) in [7, 11) is 0. The lowest BCUT2D eigenvalue weighted by molar-refractivity contribution is -0.138. The third kappa shape index (κ3) is 11.2. The van der Waals surface area contributed by atoms with Crippen molar-refractivity contribution in [1.82, 2.24) is 0 Å². The van der Waals surface area contributed by atoms with Crippen molar-refractivity contribution >= 4 is 5.97 Å². The molecule has 1 atom stereocenters. The van der Waals surface area contributed by atoms with E-state index in [0.717, 1.165) is 6.42 Å². The molecule has 122 valence electrons. The van der Waals surface area contributed by atoms with Crippen LogP contribution < -0.4 is 0 Å². The lowest BCUT2D eigenvalue weighted by atomic mass is 9.84. The Morgan fingerprint density at radius 2 is 1.45 bits per heavy atom. The smallest absolute Gasteiger partial charge is 0.303 e. The standard InChI is InChI=1S/C9H18O2.C6H14O3/c1-7(5-8(10)11)6-9(2,3)4;1-2-6(3-7,4-8)5-9/h7H,5-6H2,1-4H3,(H,10,11);7-9H,2-5H2,1H3. The molecular formula is C15H32O5. The van der Waals surface area contributed by atoms with Gasteiger partial charge in [0.2, 0.25) is 0 Å². The zero-order valence-corrected chi connectivity index (χ0v) is 13.5. The van der Waals surface area contributed by atoms with E-state index in [9.17, 15) is 4.79 Å². The van der Waals surface area contributed by atoms with Gasteiger partial charge in [-0.15, -0.1) is 0 Å². The highest BCUT2D eigenvalue weighted by atomic mass is 16.4. The summed E-state index contributed by atoms with van der Waals surface area (Å²) in [6.07, 6.45) is 1.85. The molecule has 5 heteroatoms. The van der Waals surface area contributed by atoms with Crippen LogP contribution in [0.1, 0.15) is 53.9 Å². The Hall–Kier alpha value is -0.650. The fourth-order valence-electron chi connectivity index (χ4n) is 1.90. The molecule has 5 nitrogen and oxygen atoms in total. The SMILES string of the molecule is CC(CC(=O)O)CC(C)(C)C.CCC(CO)(CO)CO. The molecule has 0 amide bonds. The average Bonchev–Trinajstić information content (AvgIpc) is 2.30. The molecule has 0 aromatic carbocycles. The molecule has 0 heterocycles. The van der Waals surface area contributed by atoms with E-state index >= 15 is 0 Å². The lowest BCUT2D eigenvalue weighted by Crippen LogP contribution is -2.32. The van der Waals surface area contributed by atoms with Crippen LogP contribution in [-0.2, 0) is 4.79 Å². The average molecular weight is 292 g/mol. The Bertz CT molecular complexity index is 236. The number of carboxylic acids is 1. The summed E-state index contributed by atoms with van der Waals surface area (Å²) in [5.41, 5.74) is -0.422. The summed E-state index contributed by atoms with van der Waals surface area (Å²) in [6, 6.07) is 0. The summed E-state index contributed by atoms with van der Waals surface area (Å²) in [5.74, 6) is -0.408. The summed E-state index contributed by atoms with van der Waals surface area (Å²) in [4.78, 5) is 10.3. The number of carboxylic acid groups (broad SMARTS) is 1. The minimum atomic E-state index is -0.693. The van der Waals surface area contributed by atoms with Crippen molar-refractivity contribution in [2.45, 2.75) is 53.9 Å². The van der Waals surface area contributed by atoms with Gasteiger partial charge in [-0.1, -0.05) is 34.6 Å². The summed E-state index contributed by atoms with van der Waals surface area (Å²) < 4.78 is 0. The van der Waals surface area contributed by atoms with Crippen molar-refractivity contribution in [3.05, 3.63) is 0 Å². The van der Waals surface area contributed by atoms with Gasteiger partial charge in [-0.25, -0.2) is 0 Å². The third-order valence-corrected chi connectivity index (χ3v) is 3.24. The number of aliphatic hydroxyl groups is 3. The highest BCUT2D eigenvalue weighted by Gasteiger charge is 2.24. The Morgan fingerprint density at radius 1 is 1.05 bits per heavy atom. The number of hydrogen-bond donors (Lipinski definition) is 4. The Morgan fingerprint density at radius 3 is 1.60 bits per heavy atom. The molecule has 0 radical (unpaired) electrons. The van der Waals surface area contributed by atoms with Crippen molar-refractivity contribution in [2.24, 2.45) is 16.7 Å². The molecule has 20 heavy (non-hydrogen) atoms. The number of carbonyl (C=O) groups is 1. The van der Waals surface area contributed by atoms with E-state index in [1.807, 2.05) is 13.8 Å². The van der Waals surface area contributed by atoms with Crippen LogP contribution in [0.3, 0.4) is 0 Å². The Labute approximate surface area is 122 Å². The van der Waals surface area contributed by atoms with Crippen molar-refractivity contribution in [1.29, 1.82) is 0 Å². The molecule has 4 N–H and O–H groups in total. The molecule has 0 aliphatic rings. The zero-order valence-electron chi connectivity index (χ0n) is 13.5. The van der Waals surface area contributed by atoms with Gasteiger partial charge in [0, 0.05) is 11.8 Å². The topological polar surface area (TPSA) is 98.0 Å². The van der Waals surface area contributed by atoms with Gasteiger partial charge in [0.05, 0.1) is 19.8 Å². The number of aliphatic hydroxyl groups excluding tert-OH is 3. The molecule has 0 fully saturated rings. The largest absolute Gasteiger partial charge is 0.481 e. The molecule has 0 aromatic heterocycles. The van der Waals surface area contributed by atoms with E-state index in [1.54, 1.807) is 0 Å². The lowest BCUT2D eigenvalue weighted by Gasteiger charge is -2.24. The van der Waals surface area contributed by atoms with E-state index in [4.69, 9.17) is 20.4 Å². The van der Waals surface area contributed by atoms with Gasteiger partial charge in [-0.2, -0.15) is 0 Å². The first kappa shape index (κ1) is 21.6. The molecule has 0 saturated carbocycles. The highest BCUT2D eigenvalue weighted by molar-refractivity contribution is 5.66. The number of rotatable bonds is 7. The van der Waals surface area contributed by atoms with Gasteiger partial charge in [0.25, 0.3) is 0 Å². The number of aliphatic carboxylic acids is 1. The van der Waals surface area contributed by atoms with Crippen LogP contribution in [0.25, 0.3) is 0 Å². The molecule has 0 spiro atoms. The molecular weight excluding hydrogens is 260 g/mol. The van der Waals surface area contributed by atoms with Crippen LogP contribution in [0.4, 0.5) is 0 Å². The fourth-order valence-corrected chi connectivity index (χ4v) is 1.90. The Kier molecular flexibility index (Phi) is 11.0. The molecule has 0 aliphatic heterocycles. The van der Waals surface area contributed by atoms with Crippen molar-refractivity contribution in [3.63, 3.8) is 0 Å². The van der Waals surface area contributed by atoms with E-state index in [-0.39, 0.29) is 37.6 Å². The predicted molar refractivity (Wildman–Crippen MR) is 79.5 cm³/mol. The third-order valence-electron chi connectivity index (χ3n) is 3.24. The summed E-state index contributed by atoms with van der Waals surface area (Å²) >= 11 is 0. The van der Waals surface area contributed by atoms with E-state index in [1.165, 1.54) is 0 Å². The molecule has 0 aromatic rings. The number of hydrogen-bond acceptors (Lipinski definition) is 4. The van der Waals surface area contributed by atoms with Crippen LogP contribution in [-0.4, -0.2) is 46.2 Å². The normalized spacial score (nSPS) is 13.4. The van der Waals surface area contributed by atoms with Crippen LogP contribution in [0, 0.1) is 16.7 Å². The van der Waals surface area contributed by atoms with Crippen molar-refractivity contribution in [3.8, 4) is 0 Å². The molecule has 0 aliphatic carbocycles. The van der Waals surface area contributed by atoms with Crippen LogP contribution in [0.2, 0.25) is 0 Å². The maximum absolute atomic E-state index is 10.3. The minimum absolute atomic E-state index is 0.156. The monoisotopic (exact) mass is 292 g/mol. The van der Waals surface area contributed by atoms with Gasteiger partial charge >= 0.3 is 5.97 Å². The van der Waals surface area contributed by atoms with E-state index in [2.05, 4.69) is 20.8 Å². The van der Waals surface area contributed by atoms with E-state index in [0.29, 0.717) is 6.42 Å². The second-order valence-corrected chi connectivity index (χ2v) is 6.80. The van der Waals surface area contributed by atoms with E-state index < -0.39 is 11.4 Å². The molecule has 0 bridgehead atoms. The van der Waals surface area contributed by atoms with Gasteiger partial charge in [-0.05, 0) is 24.2 Å². The minimum Gasteiger partial charge on any atom is -0.481 e. The molecule has 0 rings (SSSR count). The van der Waals surface area contributed by atoms with Crippen molar-refractivity contribution < 1.29 is 25.2 Å². The zero-order chi connectivity index (χ0) is 16.4. The predicted octanol–water partition coefficient (Wildman–Crippen LogP) is 1.89. The second-order valence-electron chi connectivity index (χ2n) is 6.80. The summed E-state index contributed by atoms with van der Waals surface area (Å²) in [5, 5.41) is 34.5. The van der Waals surface area contributed by atoms with Crippen molar-refractivity contribution in [2.75, 3.05) is 19.8 Å². The fraction of sp³-hybridized carbons (Fsp3) is 0.933. The maximum Gasteiger partial charge on any atom is 0.303 e. The van der Waals surface area contributed by atoms with Gasteiger partial charge in [-0.3, -0.25) is 4.79 Å². The quantitative estimate of drug-likeness (QED) is 0.574. The summed E-state index contributed by atoms with van der Waals surface area (Å²) in [6.45, 7) is 9.73. The first-order chi connectivity index (χ1) is 9.05. The Balaban J connectivity index is 0. The first-order valence-electron chi connectivity index (χ1n) is 7.10. The van der Waals surface area contributed by atoms with Gasteiger partial charge in [0.15, 0.2) is 0 Å². The maximum atomic E-state index is 10.3. The molecule has 1 unspecified atom stereocenters. The van der Waals surface area contributed by atoms with Crippen LogP contribution >= 0.6 is 0 Å². The second kappa shape index (κ2) is 10.1. The van der Waals surface area contributed by atoms with Crippen LogP contribution in [0.15, 0.2) is 0 Å². The molecule has 0 saturated heterocycles. The highest BCUT2D eigenvalue weighted by Crippen LogP contribution is 2.25. The van der Waals surface area contributed by atoms with Crippen LogP contribution in [0.5, 0.6) is 0 Å².